The van der Waals surface area contributed by atoms with Gasteiger partial charge in [-0.2, -0.15) is 4.98 Å². The Balaban J connectivity index is 1.77. The standard InChI is InChI=1S/C16H23N3OS/c1-5-12-11-7-9-21-13(11)6-8-19(12)10-14-17-15(20-18-14)16(2,3)4/h7,9,12H,5-6,8,10H2,1-4H3/t12-/m1/s1. The summed E-state index contributed by atoms with van der Waals surface area (Å²) in [5.74, 6) is 1.52. The molecule has 3 rings (SSSR count). The van der Waals surface area contributed by atoms with Crippen molar-refractivity contribution in [1.29, 1.82) is 0 Å². The van der Waals surface area contributed by atoms with E-state index in [1.807, 2.05) is 11.3 Å². The van der Waals surface area contributed by atoms with Crippen LogP contribution in [0.15, 0.2) is 16.0 Å². The van der Waals surface area contributed by atoms with Crippen molar-refractivity contribution >= 4 is 11.3 Å². The first-order chi connectivity index (χ1) is 9.99. The van der Waals surface area contributed by atoms with Gasteiger partial charge in [0.15, 0.2) is 5.82 Å². The van der Waals surface area contributed by atoms with E-state index in [4.69, 9.17) is 4.52 Å². The molecule has 0 aliphatic carbocycles. The maximum Gasteiger partial charge on any atom is 0.232 e. The second-order valence-corrected chi connectivity index (χ2v) is 7.71. The SMILES string of the molecule is CC[C@@H]1c2ccsc2CCN1Cc1noc(C(C)(C)C)n1. The number of aromatic nitrogens is 2. The number of thiophene rings is 1. The first kappa shape index (κ1) is 14.7. The van der Waals surface area contributed by atoms with E-state index in [-0.39, 0.29) is 5.41 Å². The monoisotopic (exact) mass is 305 g/mol. The van der Waals surface area contributed by atoms with Crippen molar-refractivity contribution in [3.63, 3.8) is 0 Å². The lowest BCUT2D eigenvalue weighted by Crippen LogP contribution is -2.34. The minimum atomic E-state index is -0.0855. The molecule has 1 aliphatic rings. The molecule has 114 valence electrons. The van der Waals surface area contributed by atoms with Gasteiger partial charge in [-0.15, -0.1) is 11.3 Å². The Morgan fingerprint density at radius 1 is 1.43 bits per heavy atom. The predicted octanol–water partition coefficient (Wildman–Crippen LogP) is 3.94. The second-order valence-electron chi connectivity index (χ2n) is 6.71. The molecule has 3 heterocycles. The van der Waals surface area contributed by atoms with Crippen molar-refractivity contribution in [2.45, 2.75) is 58.5 Å². The zero-order chi connectivity index (χ0) is 15.0. The van der Waals surface area contributed by atoms with Crippen LogP contribution in [0.25, 0.3) is 0 Å². The molecule has 0 amide bonds. The maximum atomic E-state index is 5.41. The van der Waals surface area contributed by atoms with E-state index in [2.05, 4.69) is 54.2 Å². The molecule has 0 unspecified atom stereocenters. The third-order valence-electron chi connectivity index (χ3n) is 4.05. The summed E-state index contributed by atoms with van der Waals surface area (Å²) in [6.07, 6.45) is 2.25. The van der Waals surface area contributed by atoms with Crippen molar-refractivity contribution < 1.29 is 4.52 Å². The van der Waals surface area contributed by atoms with Gasteiger partial charge in [0.1, 0.15) is 0 Å². The molecule has 1 atom stereocenters. The molecule has 1 aliphatic heterocycles. The van der Waals surface area contributed by atoms with Crippen molar-refractivity contribution in [3.8, 4) is 0 Å². The fraction of sp³-hybridized carbons (Fsp3) is 0.625. The summed E-state index contributed by atoms with van der Waals surface area (Å²) in [6, 6.07) is 2.76. The van der Waals surface area contributed by atoms with E-state index in [0.29, 0.717) is 6.04 Å². The molecule has 5 heteroatoms. The van der Waals surface area contributed by atoms with Crippen LogP contribution in [-0.2, 0) is 18.4 Å². The van der Waals surface area contributed by atoms with Gasteiger partial charge in [0.2, 0.25) is 5.89 Å². The van der Waals surface area contributed by atoms with Crippen LogP contribution in [0.5, 0.6) is 0 Å². The van der Waals surface area contributed by atoms with Crippen LogP contribution in [0, 0.1) is 0 Å². The third-order valence-corrected chi connectivity index (χ3v) is 5.04. The Labute approximate surface area is 130 Å². The Morgan fingerprint density at radius 2 is 2.24 bits per heavy atom. The second kappa shape index (κ2) is 5.54. The van der Waals surface area contributed by atoms with Crippen LogP contribution >= 0.6 is 11.3 Å². The highest BCUT2D eigenvalue weighted by molar-refractivity contribution is 7.10. The van der Waals surface area contributed by atoms with E-state index >= 15 is 0 Å². The fourth-order valence-electron chi connectivity index (χ4n) is 2.92. The largest absolute Gasteiger partial charge is 0.339 e. The van der Waals surface area contributed by atoms with Crippen LogP contribution < -0.4 is 0 Å². The summed E-state index contributed by atoms with van der Waals surface area (Å²) in [7, 11) is 0. The van der Waals surface area contributed by atoms with Crippen LogP contribution in [0.2, 0.25) is 0 Å². The first-order valence-corrected chi connectivity index (χ1v) is 8.50. The molecule has 2 aromatic heterocycles. The average molecular weight is 305 g/mol. The Morgan fingerprint density at radius 3 is 2.90 bits per heavy atom. The Bertz CT molecular complexity index is 611. The lowest BCUT2D eigenvalue weighted by atomic mass is 9.97. The molecule has 0 N–H and O–H groups in total. The highest BCUT2D eigenvalue weighted by atomic mass is 32.1. The van der Waals surface area contributed by atoms with E-state index in [0.717, 1.165) is 37.6 Å². The molecule has 2 aromatic rings. The normalized spacial score (nSPS) is 19.7. The van der Waals surface area contributed by atoms with Crippen LogP contribution in [0.1, 0.15) is 62.3 Å². The Hall–Kier alpha value is -1.20. The van der Waals surface area contributed by atoms with Gasteiger partial charge in [0, 0.05) is 22.9 Å². The van der Waals surface area contributed by atoms with Gasteiger partial charge < -0.3 is 4.52 Å². The van der Waals surface area contributed by atoms with E-state index in [1.54, 1.807) is 4.88 Å². The summed E-state index contributed by atoms with van der Waals surface area (Å²) in [4.78, 5) is 8.59. The van der Waals surface area contributed by atoms with Crippen LogP contribution in [-0.4, -0.2) is 21.6 Å². The molecule has 0 saturated heterocycles. The lowest BCUT2D eigenvalue weighted by molar-refractivity contribution is 0.166. The van der Waals surface area contributed by atoms with E-state index in [1.165, 1.54) is 5.56 Å². The summed E-state index contributed by atoms with van der Waals surface area (Å²) in [5.41, 5.74) is 1.41. The molecule has 0 fully saturated rings. The highest BCUT2D eigenvalue weighted by Crippen LogP contribution is 2.35. The molecular weight excluding hydrogens is 282 g/mol. The number of nitrogens with zero attached hydrogens (tertiary/aromatic N) is 3. The van der Waals surface area contributed by atoms with Gasteiger partial charge in [-0.3, -0.25) is 4.90 Å². The van der Waals surface area contributed by atoms with Crippen LogP contribution in [0.4, 0.5) is 0 Å². The van der Waals surface area contributed by atoms with Crippen molar-refractivity contribution in [3.05, 3.63) is 33.6 Å². The molecule has 0 bridgehead atoms. The Kier molecular flexibility index (Phi) is 3.88. The fourth-order valence-corrected chi connectivity index (χ4v) is 3.85. The zero-order valence-electron chi connectivity index (χ0n) is 13.2. The molecule has 21 heavy (non-hydrogen) atoms. The van der Waals surface area contributed by atoms with Gasteiger partial charge >= 0.3 is 0 Å². The average Bonchev–Trinajstić information content (AvgIpc) is 3.06. The molecule has 4 nitrogen and oxygen atoms in total. The van der Waals surface area contributed by atoms with Crippen LogP contribution in [0.3, 0.4) is 0 Å². The summed E-state index contributed by atoms with van der Waals surface area (Å²) in [5, 5.41) is 6.38. The number of hydrogen-bond acceptors (Lipinski definition) is 5. The van der Waals surface area contributed by atoms with Crippen molar-refractivity contribution in [2.24, 2.45) is 0 Å². The topological polar surface area (TPSA) is 42.2 Å². The third kappa shape index (κ3) is 2.90. The first-order valence-electron chi connectivity index (χ1n) is 7.62. The predicted molar refractivity (Wildman–Crippen MR) is 84.5 cm³/mol. The van der Waals surface area contributed by atoms with Gasteiger partial charge in [-0.25, -0.2) is 0 Å². The molecule has 0 aromatic carbocycles. The number of hydrogen-bond donors (Lipinski definition) is 0. The molecule has 0 radical (unpaired) electrons. The van der Waals surface area contributed by atoms with Gasteiger partial charge in [0.25, 0.3) is 0 Å². The summed E-state index contributed by atoms with van der Waals surface area (Å²) in [6.45, 7) is 10.4. The number of fused-ring (bicyclic) bond motifs is 1. The lowest BCUT2D eigenvalue weighted by Gasteiger charge is -2.34. The highest BCUT2D eigenvalue weighted by Gasteiger charge is 2.29. The smallest absolute Gasteiger partial charge is 0.232 e. The minimum absolute atomic E-state index is 0.0855. The zero-order valence-corrected chi connectivity index (χ0v) is 14.0. The van der Waals surface area contributed by atoms with Gasteiger partial charge in [-0.05, 0) is 29.9 Å². The molecule has 0 saturated carbocycles. The quantitative estimate of drug-likeness (QED) is 0.861. The van der Waals surface area contributed by atoms with Crippen molar-refractivity contribution in [1.82, 2.24) is 15.0 Å². The summed E-state index contributed by atoms with van der Waals surface area (Å²) < 4.78 is 5.41. The maximum absolute atomic E-state index is 5.41. The minimum Gasteiger partial charge on any atom is -0.339 e. The number of rotatable bonds is 3. The van der Waals surface area contributed by atoms with Gasteiger partial charge in [0.05, 0.1) is 6.54 Å². The van der Waals surface area contributed by atoms with E-state index < -0.39 is 0 Å². The van der Waals surface area contributed by atoms with E-state index in [9.17, 15) is 0 Å². The summed E-state index contributed by atoms with van der Waals surface area (Å²) >= 11 is 1.88. The molecular formula is C16H23N3OS. The van der Waals surface area contributed by atoms with Crippen molar-refractivity contribution in [2.75, 3.05) is 6.54 Å². The molecule has 0 spiro atoms. The van der Waals surface area contributed by atoms with Gasteiger partial charge in [-0.1, -0.05) is 32.9 Å².